The Morgan fingerprint density at radius 2 is 2.45 bits per heavy atom. The Kier molecular flexibility index (Phi) is 5.51. The molecule has 1 atom stereocenters. The van der Waals surface area contributed by atoms with Crippen molar-refractivity contribution in [2.24, 2.45) is 0 Å². The van der Waals surface area contributed by atoms with Gasteiger partial charge in [-0.25, -0.2) is 4.98 Å². The molecule has 0 radical (unpaired) electrons. The van der Waals surface area contributed by atoms with Crippen molar-refractivity contribution in [1.29, 1.82) is 0 Å². The fourth-order valence-corrected chi connectivity index (χ4v) is 3.13. The summed E-state index contributed by atoms with van der Waals surface area (Å²) in [5.41, 5.74) is 0.922. The van der Waals surface area contributed by atoms with Crippen LogP contribution in [0.5, 0.6) is 0 Å². The van der Waals surface area contributed by atoms with Gasteiger partial charge in [-0.3, -0.25) is 9.69 Å². The highest BCUT2D eigenvalue weighted by molar-refractivity contribution is 7.09. The van der Waals surface area contributed by atoms with Crippen LogP contribution in [0.1, 0.15) is 43.3 Å². The van der Waals surface area contributed by atoms with Crippen LogP contribution in [0.3, 0.4) is 0 Å². The van der Waals surface area contributed by atoms with E-state index in [0.29, 0.717) is 25.6 Å². The molecule has 2 rings (SSSR count). The molecule has 1 fully saturated rings. The molecule has 2 heterocycles. The topological polar surface area (TPSA) is 65.5 Å². The molecule has 0 unspecified atom stereocenters. The Balaban J connectivity index is 1.74. The van der Waals surface area contributed by atoms with Crippen LogP contribution in [0.25, 0.3) is 0 Å². The quantitative estimate of drug-likeness (QED) is 0.861. The number of β-amino-alcohol motifs (C(OH)–C–C–N with tert-alkyl or cyclic N) is 1. The summed E-state index contributed by atoms with van der Waals surface area (Å²) in [6.45, 7) is 6.56. The summed E-state index contributed by atoms with van der Waals surface area (Å²) in [4.78, 5) is 18.4. The number of piperidine rings is 1. The Morgan fingerprint density at radius 1 is 1.65 bits per heavy atom. The van der Waals surface area contributed by atoms with Crippen LogP contribution in [-0.4, -0.2) is 46.6 Å². The van der Waals surface area contributed by atoms with Gasteiger partial charge >= 0.3 is 0 Å². The van der Waals surface area contributed by atoms with Gasteiger partial charge in [0, 0.05) is 17.8 Å². The van der Waals surface area contributed by atoms with Gasteiger partial charge in [-0.1, -0.05) is 13.8 Å². The number of carbonyl (C=O) groups excluding carboxylic acids is 1. The molecule has 0 saturated carbocycles. The number of nitrogens with one attached hydrogen (secondary N) is 1. The van der Waals surface area contributed by atoms with Gasteiger partial charge in [0.05, 0.1) is 29.9 Å². The summed E-state index contributed by atoms with van der Waals surface area (Å²) in [5, 5.41) is 15.6. The van der Waals surface area contributed by atoms with E-state index in [4.69, 9.17) is 0 Å². The van der Waals surface area contributed by atoms with Gasteiger partial charge in [-0.05, 0) is 19.4 Å². The molecule has 2 N–H and O–H groups in total. The molecule has 112 valence electrons. The summed E-state index contributed by atoms with van der Waals surface area (Å²) in [5.74, 6) is 0.428. The largest absolute Gasteiger partial charge is 0.392 e. The van der Waals surface area contributed by atoms with Crippen molar-refractivity contribution in [3.05, 3.63) is 16.1 Å². The van der Waals surface area contributed by atoms with E-state index in [9.17, 15) is 9.90 Å². The normalized spacial score (nSPS) is 20.3. The van der Waals surface area contributed by atoms with Crippen LogP contribution < -0.4 is 5.32 Å². The van der Waals surface area contributed by atoms with E-state index in [2.05, 4.69) is 24.1 Å². The van der Waals surface area contributed by atoms with Gasteiger partial charge in [0.2, 0.25) is 5.91 Å². The minimum absolute atomic E-state index is 0.00167. The predicted octanol–water partition coefficient (Wildman–Crippen LogP) is 1.34. The molecule has 0 bridgehead atoms. The summed E-state index contributed by atoms with van der Waals surface area (Å²) < 4.78 is 0. The van der Waals surface area contributed by atoms with E-state index in [-0.39, 0.29) is 12.0 Å². The van der Waals surface area contributed by atoms with E-state index >= 15 is 0 Å². The molecular weight excluding hydrogens is 274 g/mol. The van der Waals surface area contributed by atoms with Crippen molar-refractivity contribution in [3.63, 3.8) is 0 Å². The highest BCUT2D eigenvalue weighted by Gasteiger charge is 2.19. The molecule has 1 saturated heterocycles. The number of likely N-dealkylation sites (tertiary alicyclic amines) is 1. The number of aliphatic hydroxyl groups is 1. The van der Waals surface area contributed by atoms with E-state index in [1.165, 1.54) is 0 Å². The van der Waals surface area contributed by atoms with Crippen LogP contribution >= 0.6 is 11.3 Å². The highest BCUT2D eigenvalue weighted by atomic mass is 32.1. The number of nitrogens with zero attached hydrogens (tertiary/aromatic N) is 2. The van der Waals surface area contributed by atoms with Crippen LogP contribution in [0.15, 0.2) is 5.38 Å². The molecule has 5 nitrogen and oxygen atoms in total. The molecule has 1 aromatic rings. The van der Waals surface area contributed by atoms with E-state index in [1.807, 2.05) is 10.3 Å². The van der Waals surface area contributed by atoms with E-state index < -0.39 is 0 Å². The minimum Gasteiger partial charge on any atom is -0.392 e. The SMILES string of the molecule is CC(C)c1nc(CNC(=O)CN2CCC[C@@H](O)C2)cs1. The van der Waals surface area contributed by atoms with Gasteiger partial charge in [0.25, 0.3) is 0 Å². The summed E-state index contributed by atoms with van der Waals surface area (Å²) >= 11 is 1.64. The first-order valence-electron chi connectivity index (χ1n) is 7.16. The maximum Gasteiger partial charge on any atom is 0.234 e. The summed E-state index contributed by atoms with van der Waals surface area (Å²) in [6, 6.07) is 0. The van der Waals surface area contributed by atoms with Gasteiger partial charge in [-0.2, -0.15) is 0 Å². The molecule has 1 aromatic heterocycles. The molecule has 1 aliphatic rings. The Labute approximate surface area is 124 Å². The second kappa shape index (κ2) is 7.15. The molecule has 1 amide bonds. The molecule has 6 heteroatoms. The second-order valence-electron chi connectivity index (χ2n) is 5.64. The smallest absolute Gasteiger partial charge is 0.234 e. The van der Waals surface area contributed by atoms with Gasteiger partial charge in [0.1, 0.15) is 0 Å². The molecule has 1 aliphatic heterocycles. The van der Waals surface area contributed by atoms with Crippen molar-refractivity contribution in [1.82, 2.24) is 15.2 Å². The zero-order valence-electron chi connectivity index (χ0n) is 12.1. The van der Waals surface area contributed by atoms with E-state index in [0.717, 1.165) is 30.1 Å². The highest BCUT2D eigenvalue weighted by Crippen LogP contribution is 2.18. The third-order valence-corrected chi connectivity index (χ3v) is 4.57. The van der Waals surface area contributed by atoms with Crippen LogP contribution in [-0.2, 0) is 11.3 Å². The summed E-state index contributed by atoms with van der Waals surface area (Å²) in [7, 11) is 0. The molecule has 20 heavy (non-hydrogen) atoms. The molecule has 0 aliphatic carbocycles. The number of carbonyl (C=O) groups is 1. The number of aliphatic hydroxyl groups excluding tert-OH is 1. The standard InChI is InChI=1S/C14H23N3O2S/c1-10(2)14-16-11(9-20-14)6-15-13(19)8-17-5-3-4-12(18)7-17/h9-10,12,18H,3-8H2,1-2H3,(H,15,19)/t12-/m1/s1. The number of rotatable bonds is 5. The van der Waals surface area contributed by atoms with Crippen LogP contribution in [0, 0.1) is 0 Å². The zero-order valence-corrected chi connectivity index (χ0v) is 12.9. The second-order valence-corrected chi connectivity index (χ2v) is 6.53. The number of thiazole rings is 1. The minimum atomic E-state index is -0.288. The van der Waals surface area contributed by atoms with Crippen LogP contribution in [0.2, 0.25) is 0 Å². The number of hydrogen-bond acceptors (Lipinski definition) is 5. The van der Waals surface area contributed by atoms with Gasteiger partial charge in [-0.15, -0.1) is 11.3 Å². The molecular formula is C14H23N3O2S. The first kappa shape index (κ1) is 15.4. The van der Waals surface area contributed by atoms with Gasteiger partial charge < -0.3 is 10.4 Å². The Hall–Kier alpha value is -0.980. The van der Waals surface area contributed by atoms with Crippen molar-refractivity contribution in [2.45, 2.75) is 45.3 Å². The van der Waals surface area contributed by atoms with Crippen molar-refractivity contribution < 1.29 is 9.90 Å². The van der Waals surface area contributed by atoms with Crippen molar-refractivity contribution in [2.75, 3.05) is 19.6 Å². The lowest BCUT2D eigenvalue weighted by Crippen LogP contribution is -2.44. The lowest BCUT2D eigenvalue weighted by molar-refractivity contribution is -0.123. The summed E-state index contributed by atoms with van der Waals surface area (Å²) in [6.07, 6.45) is 1.51. The first-order chi connectivity index (χ1) is 9.54. The van der Waals surface area contributed by atoms with Gasteiger partial charge in [0.15, 0.2) is 0 Å². The number of amides is 1. The maximum atomic E-state index is 11.9. The molecule has 0 aromatic carbocycles. The third-order valence-electron chi connectivity index (χ3n) is 3.38. The molecule has 0 spiro atoms. The lowest BCUT2D eigenvalue weighted by atomic mass is 10.1. The average molecular weight is 297 g/mol. The first-order valence-corrected chi connectivity index (χ1v) is 8.04. The average Bonchev–Trinajstić information content (AvgIpc) is 2.85. The predicted molar refractivity (Wildman–Crippen MR) is 79.7 cm³/mol. The Morgan fingerprint density at radius 3 is 3.10 bits per heavy atom. The fraction of sp³-hybridized carbons (Fsp3) is 0.714. The van der Waals surface area contributed by atoms with Crippen LogP contribution in [0.4, 0.5) is 0 Å². The fourth-order valence-electron chi connectivity index (χ4n) is 2.29. The lowest BCUT2D eigenvalue weighted by Gasteiger charge is -2.29. The van der Waals surface area contributed by atoms with E-state index in [1.54, 1.807) is 11.3 Å². The monoisotopic (exact) mass is 297 g/mol. The van der Waals surface area contributed by atoms with Crippen molar-refractivity contribution >= 4 is 17.2 Å². The maximum absolute atomic E-state index is 11.9. The Bertz CT molecular complexity index is 447. The zero-order chi connectivity index (χ0) is 14.5. The van der Waals surface area contributed by atoms with Crippen molar-refractivity contribution in [3.8, 4) is 0 Å². The third kappa shape index (κ3) is 4.54. The number of hydrogen-bond donors (Lipinski definition) is 2. The number of aromatic nitrogens is 1.